The molecule has 0 radical (unpaired) electrons. The molecule has 1 atom stereocenters. The minimum Gasteiger partial charge on any atom is -0.480 e. The van der Waals surface area contributed by atoms with E-state index in [1.807, 2.05) is 0 Å². The van der Waals surface area contributed by atoms with E-state index in [2.05, 4.69) is 79.9 Å². The van der Waals surface area contributed by atoms with Gasteiger partial charge in [-0.05, 0) is 83.5 Å². The smallest absolute Gasteiger partial charge is 0.322 e. The number of hydrogen-bond donors (Lipinski definition) is 2. The molecule has 6 nitrogen and oxygen atoms in total. The van der Waals surface area contributed by atoms with Gasteiger partial charge in [0.2, 0.25) is 5.91 Å². The Balaban J connectivity index is 4.37. The quantitative estimate of drug-likeness (QED) is 0.0404. The first-order valence-corrected chi connectivity index (χ1v) is 19.4. The highest BCUT2D eigenvalue weighted by molar-refractivity contribution is 5.80. The molecule has 0 aromatic carbocycles. The predicted molar refractivity (Wildman–Crippen MR) is 203 cm³/mol. The average molecular weight is 670 g/mol. The second kappa shape index (κ2) is 36.9. The predicted octanol–water partition coefficient (Wildman–Crippen LogP) is 11.7. The summed E-state index contributed by atoms with van der Waals surface area (Å²) in [6, 6.07) is 0. The second-order valence-electron chi connectivity index (χ2n) is 12.8. The number of ether oxygens (including phenoxy) is 1. The third-order valence-electron chi connectivity index (χ3n) is 8.19. The summed E-state index contributed by atoms with van der Waals surface area (Å²) in [5.74, 6) is -1.34. The van der Waals surface area contributed by atoms with E-state index in [9.17, 15) is 14.4 Å². The maximum Gasteiger partial charge on any atom is 0.322 e. The van der Waals surface area contributed by atoms with E-state index >= 15 is 0 Å². The first-order chi connectivity index (χ1) is 23.5. The van der Waals surface area contributed by atoms with Gasteiger partial charge in [-0.1, -0.05) is 139 Å². The van der Waals surface area contributed by atoms with Crippen LogP contribution in [0.15, 0.2) is 60.8 Å². The Kier molecular flexibility index (Phi) is 34.7. The number of allylic oxidation sites excluding steroid dienone is 10. The van der Waals surface area contributed by atoms with Gasteiger partial charge in [-0.15, -0.1) is 0 Å². The summed E-state index contributed by atoms with van der Waals surface area (Å²) in [5.41, 5.74) is 0. The van der Waals surface area contributed by atoms with Crippen LogP contribution in [0.4, 0.5) is 0 Å². The van der Waals surface area contributed by atoms with Gasteiger partial charge in [0.05, 0.1) is 0 Å². The Morgan fingerprint density at radius 3 is 1.69 bits per heavy atom. The van der Waals surface area contributed by atoms with Crippen LogP contribution in [0.1, 0.15) is 174 Å². The molecule has 0 aromatic rings. The fourth-order valence-electron chi connectivity index (χ4n) is 5.35. The summed E-state index contributed by atoms with van der Waals surface area (Å²) < 4.78 is 5.95. The molecule has 0 aromatic heterocycles. The van der Waals surface area contributed by atoms with Gasteiger partial charge in [-0.25, -0.2) is 0 Å². The molecular formula is C42H71NO5. The highest BCUT2D eigenvalue weighted by Crippen LogP contribution is 2.17. The molecule has 0 rings (SSSR count). The number of carbonyl (C=O) groups excluding carboxylic acids is 2. The number of esters is 1. The molecule has 0 spiro atoms. The first-order valence-electron chi connectivity index (χ1n) is 19.4. The van der Waals surface area contributed by atoms with Crippen LogP contribution in [0.5, 0.6) is 0 Å². The van der Waals surface area contributed by atoms with Crippen molar-refractivity contribution in [3.8, 4) is 0 Å². The number of nitrogens with one attached hydrogen (secondary N) is 1. The van der Waals surface area contributed by atoms with E-state index in [1.54, 1.807) is 0 Å². The molecule has 0 aliphatic heterocycles. The number of rotatable bonds is 34. The molecule has 0 saturated carbocycles. The molecular weight excluding hydrogens is 598 g/mol. The van der Waals surface area contributed by atoms with E-state index in [4.69, 9.17) is 9.84 Å². The summed E-state index contributed by atoms with van der Waals surface area (Å²) in [4.78, 5) is 34.9. The fourth-order valence-corrected chi connectivity index (χ4v) is 5.35. The highest BCUT2D eigenvalue weighted by Gasteiger charge is 2.14. The summed E-state index contributed by atoms with van der Waals surface area (Å²) >= 11 is 0. The Morgan fingerprint density at radius 1 is 0.562 bits per heavy atom. The minimum atomic E-state index is -1.02. The zero-order valence-electron chi connectivity index (χ0n) is 30.8. The number of amides is 1. The standard InChI is InChI=1S/C42H71NO5/c1-3-5-7-9-11-13-15-17-19-21-23-26-30-34-39(35-31-27-25-28-32-36-40(44)43-38-41(45)46)48-42(47)37-33-29-24-22-20-18-16-14-12-10-8-6-4-2/h6,8,12,14,18,20-21,23-24,29,39H,3-5,7,9-11,13,15-17,19,22,25-28,30-38H2,1-2H3,(H,43,44)(H,45,46)/b8-6-,14-12-,20-18-,23-21-,29-24-. The first kappa shape index (κ1) is 45.1. The third-order valence-corrected chi connectivity index (χ3v) is 8.19. The van der Waals surface area contributed by atoms with Crippen LogP contribution in [-0.2, 0) is 19.1 Å². The molecule has 48 heavy (non-hydrogen) atoms. The van der Waals surface area contributed by atoms with E-state index in [1.165, 1.54) is 51.4 Å². The van der Waals surface area contributed by atoms with Crippen molar-refractivity contribution in [1.82, 2.24) is 5.32 Å². The Labute approximate surface area is 294 Å². The van der Waals surface area contributed by atoms with Crippen LogP contribution in [0.2, 0.25) is 0 Å². The Morgan fingerprint density at radius 2 is 1.06 bits per heavy atom. The number of unbranched alkanes of at least 4 members (excludes halogenated alkanes) is 13. The zero-order valence-corrected chi connectivity index (χ0v) is 30.8. The molecule has 1 amide bonds. The van der Waals surface area contributed by atoms with Crippen LogP contribution in [0.3, 0.4) is 0 Å². The number of carbonyl (C=O) groups is 3. The summed E-state index contributed by atoms with van der Waals surface area (Å²) in [7, 11) is 0. The summed E-state index contributed by atoms with van der Waals surface area (Å²) in [6.45, 7) is 4.08. The van der Waals surface area contributed by atoms with Crippen molar-refractivity contribution in [3.63, 3.8) is 0 Å². The number of hydrogen-bond acceptors (Lipinski definition) is 4. The van der Waals surface area contributed by atoms with Gasteiger partial charge in [0.15, 0.2) is 0 Å². The van der Waals surface area contributed by atoms with Gasteiger partial charge < -0.3 is 15.2 Å². The molecule has 2 N–H and O–H groups in total. The van der Waals surface area contributed by atoms with Crippen LogP contribution in [-0.4, -0.2) is 35.6 Å². The van der Waals surface area contributed by atoms with Crippen LogP contribution in [0.25, 0.3) is 0 Å². The van der Waals surface area contributed by atoms with E-state index in [-0.39, 0.29) is 24.5 Å². The van der Waals surface area contributed by atoms with Crippen molar-refractivity contribution >= 4 is 17.8 Å². The highest BCUT2D eigenvalue weighted by atomic mass is 16.5. The lowest BCUT2D eigenvalue weighted by molar-refractivity contribution is -0.149. The van der Waals surface area contributed by atoms with Crippen molar-refractivity contribution < 1.29 is 24.2 Å². The van der Waals surface area contributed by atoms with E-state index in [0.717, 1.165) is 89.9 Å². The van der Waals surface area contributed by atoms with Crippen molar-refractivity contribution in [3.05, 3.63) is 60.8 Å². The Hall–Kier alpha value is -2.89. The number of aliphatic carboxylic acids is 1. The normalized spacial score (nSPS) is 12.7. The zero-order chi connectivity index (χ0) is 35.2. The van der Waals surface area contributed by atoms with Crippen LogP contribution in [0, 0.1) is 0 Å². The van der Waals surface area contributed by atoms with Crippen molar-refractivity contribution in [2.75, 3.05) is 6.54 Å². The lowest BCUT2D eigenvalue weighted by atomic mass is 10.0. The van der Waals surface area contributed by atoms with Gasteiger partial charge in [0, 0.05) is 12.8 Å². The number of carboxylic acids is 1. The molecule has 0 heterocycles. The van der Waals surface area contributed by atoms with Crippen molar-refractivity contribution in [1.29, 1.82) is 0 Å². The number of carboxylic acid groups (broad SMARTS) is 1. The summed E-state index contributed by atoms with van der Waals surface area (Å²) in [5, 5.41) is 11.1. The molecule has 6 heteroatoms. The molecule has 0 saturated heterocycles. The topological polar surface area (TPSA) is 92.7 Å². The van der Waals surface area contributed by atoms with Gasteiger partial charge in [0.1, 0.15) is 12.6 Å². The molecule has 274 valence electrons. The Bertz CT molecular complexity index is 917. The van der Waals surface area contributed by atoms with Crippen molar-refractivity contribution in [2.24, 2.45) is 0 Å². The summed E-state index contributed by atoms with van der Waals surface area (Å²) in [6.07, 6.45) is 47.7. The van der Waals surface area contributed by atoms with Gasteiger partial charge in [-0.2, -0.15) is 0 Å². The molecule has 0 bridgehead atoms. The second-order valence-corrected chi connectivity index (χ2v) is 12.8. The average Bonchev–Trinajstić information content (AvgIpc) is 3.07. The molecule has 0 fully saturated rings. The van der Waals surface area contributed by atoms with Gasteiger partial charge in [-0.3, -0.25) is 14.4 Å². The van der Waals surface area contributed by atoms with Crippen LogP contribution < -0.4 is 5.32 Å². The van der Waals surface area contributed by atoms with Gasteiger partial charge in [0.25, 0.3) is 0 Å². The molecule has 1 unspecified atom stereocenters. The molecule has 0 aliphatic rings. The lowest BCUT2D eigenvalue weighted by Gasteiger charge is -2.17. The van der Waals surface area contributed by atoms with Crippen molar-refractivity contribution in [2.45, 2.75) is 180 Å². The lowest BCUT2D eigenvalue weighted by Crippen LogP contribution is -2.28. The maximum absolute atomic E-state index is 12.7. The minimum absolute atomic E-state index is 0.0437. The SMILES string of the molecule is CC/C=C\C/C=C\C/C=C\C/C=C\CCC(=O)OC(CCC/C=C\CCCCCCCCCC)CCCCCCCC(=O)NCC(=O)O. The third kappa shape index (κ3) is 36.0. The largest absolute Gasteiger partial charge is 0.480 e. The fraction of sp³-hybridized carbons (Fsp3) is 0.690. The maximum atomic E-state index is 12.7. The van der Waals surface area contributed by atoms with E-state index < -0.39 is 5.97 Å². The molecule has 0 aliphatic carbocycles. The van der Waals surface area contributed by atoms with Crippen LogP contribution >= 0.6 is 0 Å². The van der Waals surface area contributed by atoms with E-state index in [0.29, 0.717) is 19.3 Å². The monoisotopic (exact) mass is 670 g/mol. The van der Waals surface area contributed by atoms with Gasteiger partial charge >= 0.3 is 11.9 Å².